The molecule has 5 nitrogen and oxygen atoms in total. The molecule has 3 aromatic heterocycles. The molecular weight excluding hydrogens is 611 g/mol. The van der Waals surface area contributed by atoms with Crippen LogP contribution in [0.5, 0.6) is 0 Å². The molecule has 0 radical (unpaired) electrons. The lowest BCUT2D eigenvalue weighted by Gasteiger charge is -2.11. The van der Waals surface area contributed by atoms with Gasteiger partial charge in [-0.15, -0.1) is 0 Å². The highest BCUT2D eigenvalue weighted by Gasteiger charge is 2.17. The van der Waals surface area contributed by atoms with Crippen LogP contribution in [0, 0.1) is 0 Å². The zero-order valence-corrected chi connectivity index (χ0v) is 27.0. The summed E-state index contributed by atoms with van der Waals surface area (Å²) in [6.45, 7) is 0. The second kappa shape index (κ2) is 11.4. The van der Waals surface area contributed by atoms with Gasteiger partial charge in [-0.1, -0.05) is 103 Å². The number of nitrogens with zero attached hydrogens (tertiary/aromatic N) is 5. The summed E-state index contributed by atoms with van der Waals surface area (Å²) >= 11 is 0. The van der Waals surface area contributed by atoms with E-state index in [1.54, 1.807) is 0 Å². The third kappa shape index (κ3) is 4.52. The topological polar surface area (TPSA) is 48.5 Å². The first-order valence-corrected chi connectivity index (χ1v) is 16.8. The van der Waals surface area contributed by atoms with E-state index in [-0.39, 0.29) is 0 Å². The van der Waals surface area contributed by atoms with Crippen LogP contribution in [0.3, 0.4) is 0 Å². The molecule has 0 aliphatic carbocycles. The molecule has 0 bridgehead atoms. The summed E-state index contributed by atoms with van der Waals surface area (Å²) < 4.78 is 4.64. The molecular formula is C45H29N5. The van der Waals surface area contributed by atoms with E-state index in [2.05, 4.69) is 155 Å². The number of hydrogen-bond donors (Lipinski definition) is 0. The van der Waals surface area contributed by atoms with Crippen LogP contribution in [0.2, 0.25) is 0 Å². The summed E-state index contributed by atoms with van der Waals surface area (Å²) in [6, 6.07) is 61.4. The Morgan fingerprint density at radius 1 is 0.280 bits per heavy atom. The summed E-state index contributed by atoms with van der Waals surface area (Å²) in [4.78, 5) is 15.2. The maximum Gasteiger partial charge on any atom is 0.164 e. The molecule has 234 valence electrons. The Balaban J connectivity index is 1.13. The second-order valence-electron chi connectivity index (χ2n) is 12.5. The van der Waals surface area contributed by atoms with E-state index in [0.29, 0.717) is 17.5 Å². The molecule has 10 aromatic rings. The van der Waals surface area contributed by atoms with Gasteiger partial charge in [0, 0.05) is 49.6 Å². The van der Waals surface area contributed by atoms with Crippen molar-refractivity contribution in [2.24, 2.45) is 0 Å². The number of para-hydroxylation sites is 4. The van der Waals surface area contributed by atoms with Crippen LogP contribution in [0.1, 0.15) is 0 Å². The quantitative estimate of drug-likeness (QED) is 0.188. The molecule has 0 fully saturated rings. The van der Waals surface area contributed by atoms with E-state index >= 15 is 0 Å². The molecule has 0 spiro atoms. The van der Waals surface area contributed by atoms with E-state index in [0.717, 1.165) is 44.5 Å². The lowest BCUT2D eigenvalue weighted by atomic mass is 10.1. The Morgan fingerprint density at radius 3 is 1.22 bits per heavy atom. The first kappa shape index (κ1) is 28.2. The fourth-order valence-electron chi connectivity index (χ4n) is 7.28. The minimum Gasteiger partial charge on any atom is -0.309 e. The van der Waals surface area contributed by atoms with Gasteiger partial charge in [-0.05, 0) is 72.8 Å². The molecule has 0 saturated carbocycles. The third-order valence-electron chi connectivity index (χ3n) is 9.58. The smallest absolute Gasteiger partial charge is 0.164 e. The summed E-state index contributed by atoms with van der Waals surface area (Å²) in [6.07, 6.45) is 0. The van der Waals surface area contributed by atoms with E-state index in [9.17, 15) is 0 Å². The maximum absolute atomic E-state index is 5.11. The Labute approximate surface area is 288 Å². The predicted molar refractivity (Wildman–Crippen MR) is 205 cm³/mol. The van der Waals surface area contributed by atoms with Crippen LogP contribution in [0.4, 0.5) is 0 Å². The highest BCUT2D eigenvalue weighted by molar-refractivity contribution is 6.11. The van der Waals surface area contributed by atoms with Gasteiger partial charge in [-0.25, -0.2) is 15.0 Å². The van der Waals surface area contributed by atoms with Gasteiger partial charge in [-0.2, -0.15) is 0 Å². The summed E-state index contributed by atoms with van der Waals surface area (Å²) in [7, 11) is 0. The number of hydrogen-bond acceptors (Lipinski definition) is 3. The largest absolute Gasteiger partial charge is 0.309 e. The molecule has 0 amide bonds. The number of rotatable bonds is 5. The minimum atomic E-state index is 0.634. The van der Waals surface area contributed by atoms with Crippen LogP contribution in [0.15, 0.2) is 176 Å². The molecule has 0 atom stereocenters. The highest BCUT2D eigenvalue weighted by Crippen LogP contribution is 2.36. The molecule has 5 heteroatoms. The summed E-state index contributed by atoms with van der Waals surface area (Å²) in [5, 5.41) is 4.82. The predicted octanol–water partition coefficient (Wildman–Crippen LogP) is 11.1. The van der Waals surface area contributed by atoms with Gasteiger partial charge in [0.15, 0.2) is 17.5 Å². The van der Waals surface area contributed by atoms with Crippen molar-refractivity contribution in [3.63, 3.8) is 0 Å². The van der Waals surface area contributed by atoms with Gasteiger partial charge in [0.05, 0.1) is 22.1 Å². The van der Waals surface area contributed by atoms with Crippen molar-refractivity contribution in [1.82, 2.24) is 24.1 Å². The number of aromatic nitrogens is 5. The van der Waals surface area contributed by atoms with E-state index < -0.39 is 0 Å². The summed E-state index contributed by atoms with van der Waals surface area (Å²) in [5.41, 5.74) is 9.69. The molecule has 0 aliphatic heterocycles. The van der Waals surface area contributed by atoms with Gasteiger partial charge in [0.25, 0.3) is 0 Å². The fraction of sp³-hybridized carbons (Fsp3) is 0. The number of benzene rings is 7. The van der Waals surface area contributed by atoms with Gasteiger partial charge in [0.2, 0.25) is 0 Å². The van der Waals surface area contributed by atoms with Crippen molar-refractivity contribution in [2.45, 2.75) is 0 Å². The SMILES string of the molecule is c1ccc(-c2nc(-c3ccc(-n4c5ccccc5c5ccccc54)cc3)nc(-c3ccc4c(c3)c3ccccc3n4-c3ccccc3)n2)cc1. The Kier molecular flexibility index (Phi) is 6.42. The molecule has 0 aliphatic rings. The van der Waals surface area contributed by atoms with Crippen LogP contribution in [-0.4, -0.2) is 24.1 Å². The molecule has 50 heavy (non-hydrogen) atoms. The monoisotopic (exact) mass is 639 g/mol. The zero-order valence-electron chi connectivity index (χ0n) is 27.0. The molecule has 7 aromatic carbocycles. The lowest BCUT2D eigenvalue weighted by Crippen LogP contribution is -2.00. The van der Waals surface area contributed by atoms with Crippen molar-refractivity contribution < 1.29 is 0 Å². The second-order valence-corrected chi connectivity index (χ2v) is 12.5. The van der Waals surface area contributed by atoms with Crippen LogP contribution in [0.25, 0.3) is 89.2 Å². The minimum absolute atomic E-state index is 0.634. The fourth-order valence-corrected chi connectivity index (χ4v) is 7.28. The lowest BCUT2D eigenvalue weighted by molar-refractivity contribution is 1.07. The Morgan fingerprint density at radius 2 is 0.660 bits per heavy atom. The first-order chi connectivity index (χ1) is 24.8. The van der Waals surface area contributed by atoms with Gasteiger partial charge in [0.1, 0.15) is 0 Å². The van der Waals surface area contributed by atoms with Crippen LogP contribution < -0.4 is 0 Å². The maximum atomic E-state index is 5.11. The van der Waals surface area contributed by atoms with E-state index in [1.165, 1.54) is 27.2 Å². The molecule has 10 rings (SSSR count). The number of fused-ring (bicyclic) bond motifs is 6. The Bertz CT molecular complexity index is 2800. The van der Waals surface area contributed by atoms with Gasteiger partial charge in [-0.3, -0.25) is 0 Å². The molecule has 0 saturated heterocycles. The van der Waals surface area contributed by atoms with E-state index in [4.69, 9.17) is 15.0 Å². The normalized spacial score (nSPS) is 11.6. The van der Waals surface area contributed by atoms with Crippen molar-refractivity contribution >= 4 is 43.6 Å². The summed E-state index contributed by atoms with van der Waals surface area (Å²) in [5.74, 6) is 1.91. The molecule has 0 unspecified atom stereocenters. The van der Waals surface area contributed by atoms with E-state index in [1.807, 2.05) is 30.3 Å². The van der Waals surface area contributed by atoms with Crippen molar-refractivity contribution in [3.8, 4) is 45.5 Å². The third-order valence-corrected chi connectivity index (χ3v) is 9.58. The average Bonchev–Trinajstić information content (AvgIpc) is 3.71. The molecule has 0 N–H and O–H groups in total. The van der Waals surface area contributed by atoms with Crippen LogP contribution >= 0.6 is 0 Å². The zero-order chi connectivity index (χ0) is 33.0. The van der Waals surface area contributed by atoms with Gasteiger partial charge < -0.3 is 9.13 Å². The highest BCUT2D eigenvalue weighted by atomic mass is 15.0. The van der Waals surface area contributed by atoms with Crippen molar-refractivity contribution in [1.29, 1.82) is 0 Å². The first-order valence-electron chi connectivity index (χ1n) is 16.8. The van der Waals surface area contributed by atoms with Crippen LogP contribution in [-0.2, 0) is 0 Å². The standard InChI is InChI=1S/C45H29N5/c1-3-13-30(14-4-1)43-46-44(31-23-26-34(27-24-31)50-39-20-10-7-17-35(39)36-18-8-11-21-40(36)50)48-45(47-43)32-25-28-42-38(29-32)37-19-9-12-22-41(37)49(42)33-15-5-2-6-16-33/h1-29H. The van der Waals surface area contributed by atoms with Crippen molar-refractivity contribution in [2.75, 3.05) is 0 Å². The Hall–Kier alpha value is -6.85. The van der Waals surface area contributed by atoms with Gasteiger partial charge >= 0.3 is 0 Å². The molecule has 3 heterocycles. The average molecular weight is 640 g/mol. The van der Waals surface area contributed by atoms with Crippen molar-refractivity contribution in [3.05, 3.63) is 176 Å².